The predicted octanol–water partition coefficient (Wildman–Crippen LogP) is 4.75. The van der Waals surface area contributed by atoms with E-state index in [2.05, 4.69) is 18.7 Å². The van der Waals surface area contributed by atoms with Gasteiger partial charge in [0, 0.05) is 18.7 Å². The number of hydrogen-bond donors (Lipinski definition) is 0. The Balaban J connectivity index is 1.68. The molecule has 0 saturated carbocycles. The van der Waals surface area contributed by atoms with Crippen LogP contribution in [0.5, 0.6) is 0 Å². The summed E-state index contributed by atoms with van der Waals surface area (Å²) in [5, 5.41) is 0. The third-order valence-electron chi connectivity index (χ3n) is 5.84. The summed E-state index contributed by atoms with van der Waals surface area (Å²) in [7, 11) is 0. The lowest BCUT2D eigenvalue weighted by Gasteiger charge is -2.40. The SMILES string of the molecule is C=Cc1ccc(C(=O)N2CCC(CCc3ccccc3)(C(=O)OCC)CC2)cc1. The maximum atomic E-state index is 12.9. The maximum absolute atomic E-state index is 12.9. The fourth-order valence-electron chi connectivity index (χ4n) is 3.95. The third kappa shape index (κ3) is 4.94. The number of nitrogens with zero attached hydrogens (tertiary/aromatic N) is 1. The molecule has 2 aromatic carbocycles. The number of piperidine rings is 1. The summed E-state index contributed by atoms with van der Waals surface area (Å²) >= 11 is 0. The zero-order chi connectivity index (χ0) is 20.7. The van der Waals surface area contributed by atoms with E-state index in [1.165, 1.54) is 5.56 Å². The minimum Gasteiger partial charge on any atom is -0.466 e. The summed E-state index contributed by atoms with van der Waals surface area (Å²) in [4.78, 5) is 27.5. The Labute approximate surface area is 173 Å². The topological polar surface area (TPSA) is 46.6 Å². The third-order valence-corrected chi connectivity index (χ3v) is 5.84. The highest BCUT2D eigenvalue weighted by Crippen LogP contribution is 2.38. The fraction of sp³-hybridized carbons (Fsp3) is 0.360. The van der Waals surface area contributed by atoms with Crippen LogP contribution in [-0.4, -0.2) is 36.5 Å². The molecule has 0 N–H and O–H groups in total. The molecular weight excluding hydrogens is 362 g/mol. The fourth-order valence-corrected chi connectivity index (χ4v) is 3.95. The molecule has 0 bridgehead atoms. The molecule has 1 amide bonds. The van der Waals surface area contributed by atoms with E-state index in [1.807, 2.05) is 54.3 Å². The van der Waals surface area contributed by atoms with Gasteiger partial charge in [-0.05, 0) is 55.9 Å². The molecule has 4 heteroatoms. The first-order valence-corrected chi connectivity index (χ1v) is 10.3. The van der Waals surface area contributed by atoms with Gasteiger partial charge in [-0.15, -0.1) is 0 Å². The number of rotatable bonds is 7. The summed E-state index contributed by atoms with van der Waals surface area (Å²) < 4.78 is 5.43. The van der Waals surface area contributed by atoms with Gasteiger partial charge < -0.3 is 9.64 Å². The van der Waals surface area contributed by atoms with Crippen molar-refractivity contribution in [3.05, 3.63) is 77.9 Å². The van der Waals surface area contributed by atoms with E-state index >= 15 is 0 Å². The van der Waals surface area contributed by atoms with Crippen LogP contribution < -0.4 is 0 Å². The second-order valence-corrected chi connectivity index (χ2v) is 7.60. The van der Waals surface area contributed by atoms with Crippen molar-refractivity contribution < 1.29 is 14.3 Å². The standard InChI is InChI=1S/C25H29NO3/c1-3-20-10-12-22(13-11-20)23(27)26-18-16-25(17-19-26,24(28)29-4-2)15-14-21-8-6-5-7-9-21/h3,5-13H,1,4,14-19H2,2H3. The van der Waals surface area contributed by atoms with E-state index in [4.69, 9.17) is 4.74 Å². The summed E-state index contributed by atoms with van der Waals surface area (Å²) in [6.45, 7) is 7.09. The van der Waals surface area contributed by atoms with Gasteiger partial charge in [-0.2, -0.15) is 0 Å². The van der Waals surface area contributed by atoms with Crippen LogP contribution in [0.3, 0.4) is 0 Å². The van der Waals surface area contributed by atoms with Crippen molar-refractivity contribution in [1.29, 1.82) is 0 Å². The monoisotopic (exact) mass is 391 g/mol. The number of esters is 1. The molecule has 1 aliphatic heterocycles. The molecule has 0 radical (unpaired) electrons. The van der Waals surface area contributed by atoms with Gasteiger partial charge >= 0.3 is 5.97 Å². The van der Waals surface area contributed by atoms with E-state index < -0.39 is 5.41 Å². The van der Waals surface area contributed by atoms with Crippen molar-refractivity contribution in [2.24, 2.45) is 5.41 Å². The molecule has 2 aromatic rings. The number of likely N-dealkylation sites (tertiary alicyclic amines) is 1. The first-order valence-electron chi connectivity index (χ1n) is 10.3. The van der Waals surface area contributed by atoms with Gasteiger partial charge in [0.1, 0.15) is 0 Å². The number of benzene rings is 2. The van der Waals surface area contributed by atoms with Gasteiger partial charge in [0.25, 0.3) is 5.91 Å². The van der Waals surface area contributed by atoms with Gasteiger partial charge in [-0.25, -0.2) is 0 Å². The second-order valence-electron chi connectivity index (χ2n) is 7.60. The molecule has 29 heavy (non-hydrogen) atoms. The maximum Gasteiger partial charge on any atom is 0.312 e. The van der Waals surface area contributed by atoms with E-state index in [-0.39, 0.29) is 11.9 Å². The molecule has 1 heterocycles. The summed E-state index contributed by atoms with van der Waals surface area (Å²) in [5.74, 6) is -0.112. The van der Waals surface area contributed by atoms with E-state index in [0.717, 1.165) is 18.4 Å². The quantitative estimate of drug-likeness (QED) is 0.640. The smallest absolute Gasteiger partial charge is 0.312 e. The number of carbonyl (C=O) groups is 2. The minimum absolute atomic E-state index is 0.0149. The second kappa shape index (κ2) is 9.55. The molecule has 0 atom stereocenters. The Bertz CT molecular complexity index is 834. The average Bonchev–Trinajstić information content (AvgIpc) is 2.78. The molecule has 0 aliphatic carbocycles. The van der Waals surface area contributed by atoms with Crippen LogP contribution in [0, 0.1) is 5.41 Å². The molecule has 0 aromatic heterocycles. The highest BCUT2D eigenvalue weighted by Gasteiger charge is 2.43. The van der Waals surface area contributed by atoms with Crippen molar-refractivity contribution in [2.45, 2.75) is 32.6 Å². The molecule has 0 spiro atoms. The van der Waals surface area contributed by atoms with Crippen molar-refractivity contribution in [3.63, 3.8) is 0 Å². The molecule has 1 saturated heterocycles. The molecule has 4 nitrogen and oxygen atoms in total. The van der Waals surface area contributed by atoms with E-state index in [9.17, 15) is 9.59 Å². The molecular formula is C25H29NO3. The van der Waals surface area contributed by atoms with Gasteiger partial charge in [-0.1, -0.05) is 55.1 Å². The first kappa shape index (κ1) is 20.8. The van der Waals surface area contributed by atoms with E-state index in [1.54, 1.807) is 6.08 Å². The highest BCUT2D eigenvalue weighted by atomic mass is 16.5. The van der Waals surface area contributed by atoms with Crippen molar-refractivity contribution >= 4 is 18.0 Å². The Morgan fingerprint density at radius 2 is 1.72 bits per heavy atom. The molecule has 1 aliphatic rings. The van der Waals surface area contributed by atoms with Crippen LogP contribution in [0.1, 0.15) is 47.7 Å². The summed E-state index contributed by atoms with van der Waals surface area (Å²) in [5.41, 5.74) is 2.36. The van der Waals surface area contributed by atoms with Crippen LogP contribution >= 0.6 is 0 Å². The molecule has 3 rings (SSSR count). The minimum atomic E-state index is -0.519. The largest absolute Gasteiger partial charge is 0.466 e. The Morgan fingerprint density at radius 3 is 2.31 bits per heavy atom. The summed E-state index contributed by atoms with van der Waals surface area (Å²) in [6, 6.07) is 17.7. The van der Waals surface area contributed by atoms with Crippen molar-refractivity contribution in [3.8, 4) is 0 Å². The van der Waals surface area contributed by atoms with E-state index in [0.29, 0.717) is 38.1 Å². The Morgan fingerprint density at radius 1 is 1.07 bits per heavy atom. The van der Waals surface area contributed by atoms with Gasteiger partial charge in [-0.3, -0.25) is 9.59 Å². The number of hydrogen-bond acceptors (Lipinski definition) is 3. The molecule has 0 unspecified atom stereocenters. The van der Waals surface area contributed by atoms with Gasteiger partial charge in [0.2, 0.25) is 0 Å². The van der Waals surface area contributed by atoms with Gasteiger partial charge in [0.15, 0.2) is 0 Å². The van der Waals surface area contributed by atoms with Crippen LogP contribution in [0.4, 0.5) is 0 Å². The van der Waals surface area contributed by atoms with Crippen LogP contribution in [0.15, 0.2) is 61.2 Å². The van der Waals surface area contributed by atoms with Gasteiger partial charge in [0.05, 0.1) is 12.0 Å². The molecule has 152 valence electrons. The average molecular weight is 392 g/mol. The number of aryl methyl sites for hydroxylation is 1. The summed E-state index contributed by atoms with van der Waals surface area (Å²) in [6.07, 6.45) is 4.60. The zero-order valence-electron chi connectivity index (χ0n) is 17.1. The lowest BCUT2D eigenvalue weighted by Crippen LogP contribution is -2.47. The van der Waals surface area contributed by atoms with Crippen LogP contribution in [0.25, 0.3) is 6.08 Å². The number of ether oxygens (including phenoxy) is 1. The predicted molar refractivity (Wildman–Crippen MR) is 115 cm³/mol. The first-order chi connectivity index (χ1) is 14.1. The number of carbonyl (C=O) groups excluding carboxylic acids is 2. The van der Waals surface area contributed by atoms with Crippen molar-refractivity contribution in [1.82, 2.24) is 4.90 Å². The zero-order valence-corrected chi connectivity index (χ0v) is 17.1. The normalized spacial score (nSPS) is 15.6. The molecule has 1 fully saturated rings. The lowest BCUT2D eigenvalue weighted by molar-refractivity contribution is -0.158. The van der Waals surface area contributed by atoms with Crippen LogP contribution in [0.2, 0.25) is 0 Å². The Hall–Kier alpha value is -2.88. The number of amides is 1. The highest BCUT2D eigenvalue weighted by molar-refractivity contribution is 5.94. The Kier molecular flexibility index (Phi) is 6.86. The van der Waals surface area contributed by atoms with Crippen molar-refractivity contribution in [2.75, 3.05) is 19.7 Å². The lowest BCUT2D eigenvalue weighted by atomic mass is 9.74. The van der Waals surface area contributed by atoms with Crippen LogP contribution in [-0.2, 0) is 16.0 Å².